The molecule has 1 fully saturated rings. The largest absolute Gasteiger partial charge is 0.350 e. The van der Waals surface area contributed by atoms with Crippen molar-refractivity contribution in [3.05, 3.63) is 18.1 Å². The molecule has 0 radical (unpaired) electrons. The highest BCUT2D eigenvalue weighted by molar-refractivity contribution is 5.92. The number of amides is 1. The first-order valence-corrected chi connectivity index (χ1v) is 5.94. The van der Waals surface area contributed by atoms with Crippen LogP contribution in [-0.2, 0) is 0 Å². The van der Waals surface area contributed by atoms with Crippen molar-refractivity contribution in [2.75, 3.05) is 32.1 Å². The highest BCUT2D eigenvalue weighted by Gasteiger charge is 2.20. The molecule has 2 heterocycles. The first kappa shape index (κ1) is 12.7. The first-order valence-electron chi connectivity index (χ1n) is 5.94. The number of hydrogen-bond acceptors (Lipinski definition) is 6. The van der Waals surface area contributed by atoms with E-state index in [1.807, 2.05) is 0 Å². The molecule has 2 rings (SSSR count). The smallest absolute Gasteiger partial charge is 0.271 e. The van der Waals surface area contributed by atoms with E-state index in [0.717, 1.165) is 19.5 Å². The Bertz CT molecular complexity index is 424. The van der Waals surface area contributed by atoms with Crippen LogP contribution < -0.4 is 16.6 Å². The lowest BCUT2D eigenvalue weighted by Gasteiger charge is -2.11. The van der Waals surface area contributed by atoms with E-state index in [-0.39, 0.29) is 11.6 Å². The van der Waals surface area contributed by atoms with E-state index in [4.69, 9.17) is 5.84 Å². The van der Waals surface area contributed by atoms with E-state index in [1.165, 1.54) is 12.4 Å². The monoisotopic (exact) mass is 250 g/mol. The number of nitrogens with one attached hydrogen (secondary N) is 2. The number of nitrogens with two attached hydrogens (primary N) is 1. The molecular formula is C11H18N6O. The minimum Gasteiger partial charge on any atom is -0.350 e. The molecule has 7 nitrogen and oxygen atoms in total. The van der Waals surface area contributed by atoms with Gasteiger partial charge < -0.3 is 15.6 Å². The summed E-state index contributed by atoms with van der Waals surface area (Å²) in [6.07, 6.45) is 4.01. The number of hydrazine groups is 1. The molecule has 1 unspecified atom stereocenters. The van der Waals surface area contributed by atoms with Crippen LogP contribution in [0.4, 0.5) is 5.82 Å². The average Bonchev–Trinajstić information content (AvgIpc) is 2.82. The molecule has 1 atom stereocenters. The topological polar surface area (TPSA) is 96.2 Å². The highest BCUT2D eigenvalue weighted by Crippen LogP contribution is 2.13. The summed E-state index contributed by atoms with van der Waals surface area (Å²) < 4.78 is 0. The van der Waals surface area contributed by atoms with Crippen LogP contribution >= 0.6 is 0 Å². The van der Waals surface area contributed by atoms with Crippen molar-refractivity contribution in [3.8, 4) is 0 Å². The third-order valence-electron chi connectivity index (χ3n) is 3.06. The van der Waals surface area contributed by atoms with Gasteiger partial charge in [0.1, 0.15) is 5.69 Å². The second-order valence-corrected chi connectivity index (χ2v) is 4.56. The van der Waals surface area contributed by atoms with Crippen LogP contribution in [0.15, 0.2) is 12.4 Å². The molecule has 0 aromatic carbocycles. The molecule has 1 aromatic rings. The van der Waals surface area contributed by atoms with E-state index < -0.39 is 0 Å². The zero-order valence-electron chi connectivity index (χ0n) is 10.4. The van der Waals surface area contributed by atoms with Gasteiger partial charge in [0.2, 0.25) is 0 Å². The van der Waals surface area contributed by atoms with Crippen LogP contribution in [0.1, 0.15) is 16.9 Å². The Morgan fingerprint density at radius 3 is 3.11 bits per heavy atom. The van der Waals surface area contributed by atoms with Gasteiger partial charge in [0.25, 0.3) is 5.91 Å². The van der Waals surface area contributed by atoms with Crippen molar-refractivity contribution in [2.45, 2.75) is 6.42 Å². The minimum absolute atomic E-state index is 0.214. The number of hydrogen-bond donors (Lipinski definition) is 3. The molecule has 1 aromatic heterocycles. The van der Waals surface area contributed by atoms with E-state index >= 15 is 0 Å². The fourth-order valence-electron chi connectivity index (χ4n) is 2.07. The summed E-state index contributed by atoms with van der Waals surface area (Å²) in [7, 11) is 2.09. The first-order chi connectivity index (χ1) is 8.69. The molecule has 0 spiro atoms. The maximum absolute atomic E-state index is 11.9. The number of carbonyl (C=O) groups excluding carboxylic acids is 1. The number of nitrogen functional groups attached to an aromatic ring is 1. The third kappa shape index (κ3) is 3.14. The summed E-state index contributed by atoms with van der Waals surface area (Å²) in [5, 5.41) is 2.88. The van der Waals surface area contributed by atoms with Gasteiger partial charge in [-0.25, -0.2) is 10.8 Å². The van der Waals surface area contributed by atoms with Crippen LogP contribution in [-0.4, -0.2) is 47.5 Å². The number of carbonyl (C=O) groups is 1. The van der Waals surface area contributed by atoms with Crippen molar-refractivity contribution in [3.63, 3.8) is 0 Å². The fourth-order valence-corrected chi connectivity index (χ4v) is 2.07. The van der Waals surface area contributed by atoms with Gasteiger partial charge in [0, 0.05) is 13.1 Å². The Labute approximate surface area is 106 Å². The zero-order chi connectivity index (χ0) is 13.0. The lowest BCUT2D eigenvalue weighted by Crippen LogP contribution is -2.31. The Morgan fingerprint density at radius 2 is 2.44 bits per heavy atom. The number of rotatable bonds is 4. The summed E-state index contributed by atoms with van der Waals surface area (Å²) in [5.41, 5.74) is 2.64. The molecule has 1 aliphatic heterocycles. The summed E-state index contributed by atoms with van der Waals surface area (Å²) in [6, 6.07) is 0. The standard InChI is InChI=1S/C11H18N6O/c1-17-3-2-8(7-17)4-14-11(18)9-5-13-6-10(15-9)16-12/h5-6,8H,2-4,7,12H2,1H3,(H,14,18)(H,15,16). The summed E-state index contributed by atoms with van der Waals surface area (Å²) in [4.78, 5) is 22.0. The lowest BCUT2D eigenvalue weighted by molar-refractivity contribution is 0.0942. The maximum atomic E-state index is 11.9. The Balaban J connectivity index is 1.87. The Kier molecular flexibility index (Phi) is 4.06. The van der Waals surface area contributed by atoms with Crippen molar-refractivity contribution in [1.29, 1.82) is 0 Å². The molecule has 18 heavy (non-hydrogen) atoms. The van der Waals surface area contributed by atoms with Crippen LogP contribution in [0.3, 0.4) is 0 Å². The van der Waals surface area contributed by atoms with Gasteiger partial charge in [0.05, 0.1) is 12.4 Å². The molecule has 1 amide bonds. The van der Waals surface area contributed by atoms with Crippen molar-refractivity contribution < 1.29 is 4.79 Å². The zero-order valence-corrected chi connectivity index (χ0v) is 10.4. The van der Waals surface area contributed by atoms with Gasteiger partial charge in [-0.3, -0.25) is 9.78 Å². The molecule has 1 saturated heterocycles. The third-order valence-corrected chi connectivity index (χ3v) is 3.06. The van der Waals surface area contributed by atoms with Crippen molar-refractivity contribution >= 4 is 11.7 Å². The molecule has 4 N–H and O–H groups in total. The van der Waals surface area contributed by atoms with Gasteiger partial charge in [-0.2, -0.15) is 0 Å². The summed E-state index contributed by atoms with van der Waals surface area (Å²) in [6.45, 7) is 2.79. The molecular weight excluding hydrogens is 232 g/mol. The average molecular weight is 250 g/mol. The van der Waals surface area contributed by atoms with Crippen molar-refractivity contribution in [2.24, 2.45) is 11.8 Å². The second kappa shape index (κ2) is 5.74. The van der Waals surface area contributed by atoms with E-state index in [9.17, 15) is 4.79 Å². The van der Waals surface area contributed by atoms with Gasteiger partial charge in [-0.05, 0) is 25.9 Å². The quantitative estimate of drug-likeness (QED) is 0.490. The van der Waals surface area contributed by atoms with Crippen molar-refractivity contribution in [1.82, 2.24) is 20.2 Å². The maximum Gasteiger partial charge on any atom is 0.271 e. The minimum atomic E-state index is -0.214. The van der Waals surface area contributed by atoms with E-state index in [1.54, 1.807) is 0 Å². The molecule has 98 valence electrons. The molecule has 7 heteroatoms. The number of aromatic nitrogens is 2. The predicted molar refractivity (Wildman–Crippen MR) is 67.8 cm³/mol. The van der Waals surface area contributed by atoms with Crippen LogP contribution in [0.25, 0.3) is 0 Å². The Morgan fingerprint density at radius 1 is 1.61 bits per heavy atom. The SMILES string of the molecule is CN1CCC(CNC(=O)c2cncc(NN)n2)C1. The molecule has 1 aliphatic rings. The van der Waals surface area contributed by atoms with Crippen LogP contribution in [0.2, 0.25) is 0 Å². The van der Waals surface area contributed by atoms with E-state index in [0.29, 0.717) is 18.3 Å². The highest BCUT2D eigenvalue weighted by atomic mass is 16.1. The summed E-state index contributed by atoms with van der Waals surface area (Å²) in [5.74, 6) is 5.90. The fraction of sp³-hybridized carbons (Fsp3) is 0.545. The number of likely N-dealkylation sites (tertiary alicyclic amines) is 1. The van der Waals surface area contributed by atoms with Gasteiger partial charge >= 0.3 is 0 Å². The summed E-state index contributed by atoms with van der Waals surface area (Å²) >= 11 is 0. The van der Waals surface area contributed by atoms with Gasteiger partial charge in [-0.15, -0.1) is 0 Å². The molecule has 0 aliphatic carbocycles. The number of anilines is 1. The van der Waals surface area contributed by atoms with Gasteiger partial charge in [-0.1, -0.05) is 0 Å². The second-order valence-electron chi connectivity index (χ2n) is 4.56. The van der Waals surface area contributed by atoms with Crippen LogP contribution in [0.5, 0.6) is 0 Å². The Hall–Kier alpha value is -1.73. The van der Waals surface area contributed by atoms with E-state index in [2.05, 4.69) is 32.7 Å². The number of nitrogens with zero attached hydrogens (tertiary/aromatic N) is 3. The normalized spacial score (nSPS) is 19.8. The van der Waals surface area contributed by atoms with Gasteiger partial charge in [0.15, 0.2) is 5.82 Å². The predicted octanol–water partition coefficient (Wildman–Crippen LogP) is -0.556. The van der Waals surface area contributed by atoms with Crippen LogP contribution in [0, 0.1) is 5.92 Å². The molecule has 0 bridgehead atoms. The lowest BCUT2D eigenvalue weighted by atomic mass is 10.1. The molecule has 0 saturated carbocycles.